The number of rotatable bonds is 7. The van der Waals surface area contributed by atoms with Crippen molar-refractivity contribution < 1.29 is 4.79 Å². The number of thiophene rings is 1. The number of nitrogens with one attached hydrogen (secondary N) is 1. The second kappa shape index (κ2) is 11.4. The van der Waals surface area contributed by atoms with Gasteiger partial charge in [-0.25, -0.2) is 0 Å². The summed E-state index contributed by atoms with van der Waals surface area (Å²) in [5.41, 5.74) is 3.64. The lowest BCUT2D eigenvalue weighted by Crippen LogP contribution is -2.38. The maximum Gasteiger partial charge on any atom is 0.227 e. The topological polar surface area (TPSA) is 47.9 Å². The van der Waals surface area contributed by atoms with Gasteiger partial charge in [0.1, 0.15) is 0 Å². The van der Waals surface area contributed by atoms with Crippen LogP contribution in [0.3, 0.4) is 0 Å². The molecule has 0 unspecified atom stereocenters. The van der Waals surface area contributed by atoms with Gasteiger partial charge in [0.15, 0.2) is 5.96 Å². The molecule has 0 aliphatic carbocycles. The van der Waals surface area contributed by atoms with E-state index in [4.69, 9.17) is 4.99 Å². The molecule has 1 N–H and O–H groups in total. The van der Waals surface area contributed by atoms with Gasteiger partial charge >= 0.3 is 0 Å². The molecule has 1 aliphatic heterocycles. The zero-order valence-electron chi connectivity index (χ0n) is 16.6. The first-order valence-corrected chi connectivity index (χ1v) is 10.5. The molecule has 7 heteroatoms. The van der Waals surface area contributed by atoms with E-state index in [1.807, 2.05) is 30.1 Å². The monoisotopic (exact) mass is 512 g/mol. The Hall–Kier alpha value is -1.61. The third-order valence-corrected chi connectivity index (χ3v) is 5.43. The average molecular weight is 512 g/mol. The van der Waals surface area contributed by atoms with E-state index in [1.165, 1.54) is 11.1 Å². The zero-order valence-corrected chi connectivity index (χ0v) is 19.7. The average Bonchev–Trinajstić information content (AvgIpc) is 3.33. The van der Waals surface area contributed by atoms with E-state index < -0.39 is 0 Å². The Bertz CT molecular complexity index is 778. The van der Waals surface area contributed by atoms with Crippen molar-refractivity contribution in [3.63, 3.8) is 0 Å². The molecule has 1 aromatic carbocycles. The van der Waals surface area contributed by atoms with Crippen LogP contribution in [0.15, 0.2) is 46.1 Å². The third-order valence-electron chi connectivity index (χ3n) is 4.69. The minimum atomic E-state index is 0. The molecule has 1 aromatic heterocycles. The van der Waals surface area contributed by atoms with Crippen LogP contribution >= 0.6 is 35.3 Å². The quantitative estimate of drug-likeness (QED) is 0.263. The summed E-state index contributed by atoms with van der Waals surface area (Å²) in [5, 5.41) is 7.59. The lowest BCUT2D eigenvalue weighted by molar-refractivity contribution is -0.118. The van der Waals surface area contributed by atoms with Gasteiger partial charge in [0.05, 0.1) is 0 Å². The summed E-state index contributed by atoms with van der Waals surface area (Å²) in [6.45, 7) is 5.18. The van der Waals surface area contributed by atoms with E-state index in [-0.39, 0.29) is 29.9 Å². The summed E-state index contributed by atoms with van der Waals surface area (Å²) < 4.78 is 0. The normalized spacial score (nSPS) is 13.1. The van der Waals surface area contributed by atoms with E-state index in [2.05, 4.69) is 40.0 Å². The van der Waals surface area contributed by atoms with Crippen LogP contribution in [-0.2, 0) is 17.8 Å². The highest BCUT2D eigenvalue weighted by atomic mass is 127. The van der Waals surface area contributed by atoms with Crippen molar-refractivity contribution in [2.75, 3.05) is 31.6 Å². The summed E-state index contributed by atoms with van der Waals surface area (Å²) in [6.07, 6.45) is 2.25. The van der Waals surface area contributed by atoms with Gasteiger partial charge in [-0.1, -0.05) is 18.2 Å². The standard InChI is InChI=1S/C21H28N4OS.HI/c1-3-22-21(24(2)15-17-11-14-27-16-17)23-12-6-9-20(26)25-13-10-18-7-4-5-8-19(18)25;/h4-5,7-8,11,14,16H,3,6,9-10,12-13,15H2,1-2H3,(H,22,23);1H. The van der Waals surface area contributed by atoms with Crippen LogP contribution in [0.2, 0.25) is 0 Å². The maximum atomic E-state index is 12.6. The molecular weight excluding hydrogens is 483 g/mol. The summed E-state index contributed by atoms with van der Waals surface area (Å²) in [4.78, 5) is 21.3. The van der Waals surface area contributed by atoms with Crippen molar-refractivity contribution in [1.29, 1.82) is 0 Å². The number of guanidine groups is 1. The molecule has 0 bridgehead atoms. The lowest BCUT2D eigenvalue weighted by Gasteiger charge is -2.21. The van der Waals surface area contributed by atoms with E-state index in [0.717, 1.165) is 44.1 Å². The molecule has 0 atom stereocenters. The number of carbonyl (C=O) groups excluding carboxylic acids is 1. The first kappa shape index (κ1) is 22.7. The fourth-order valence-electron chi connectivity index (χ4n) is 3.35. The van der Waals surface area contributed by atoms with Crippen molar-refractivity contribution in [3.05, 3.63) is 52.2 Å². The molecule has 5 nitrogen and oxygen atoms in total. The summed E-state index contributed by atoms with van der Waals surface area (Å²) >= 11 is 1.71. The first-order chi connectivity index (χ1) is 13.2. The number of aliphatic imine (C=N–C) groups is 1. The molecule has 0 fully saturated rings. The Labute approximate surface area is 188 Å². The Morgan fingerprint density at radius 1 is 1.32 bits per heavy atom. The third kappa shape index (κ3) is 5.94. The van der Waals surface area contributed by atoms with Crippen LogP contribution in [0.5, 0.6) is 0 Å². The van der Waals surface area contributed by atoms with Crippen molar-refractivity contribution in [3.8, 4) is 0 Å². The fourth-order valence-corrected chi connectivity index (χ4v) is 4.01. The van der Waals surface area contributed by atoms with Crippen molar-refractivity contribution in [1.82, 2.24) is 10.2 Å². The number of hydrogen-bond donors (Lipinski definition) is 1. The molecule has 152 valence electrons. The van der Waals surface area contributed by atoms with Gasteiger partial charge in [-0.05, 0) is 53.8 Å². The number of amides is 1. The number of hydrogen-bond acceptors (Lipinski definition) is 3. The van der Waals surface area contributed by atoms with Crippen LogP contribution < -0.4 is 10.2 Å². The minimum absolute atomic E-state index is 0. The summed E-state index contributed by atoms with van der Waals surface area (Å²) in [6, 6.07) is 10.3. The molecule has 28 heavy (non-hydrogen) atoms. The highest BCUT2D eigenvalue weighted by molar-refractivity contribution is 14.0. The van der Waals surface area contributed by atoms with Crippen LogP contribution in [-0.4, -0.2) is 43.4 Å². The number of para-hydroxylation sites is 1. The zero-order chi connectivity index (χ0) is 19.1. The molecule has 1 amide bonds. The van der Waals surface area contributed by atoms with Gasteiger partial charge in [0, 0.05) is 45.3 Å². The predicted molar refractivity (Wildman–Crippen MR) is 129 cm³/mol. The largest absolute Gasteiger partial charge is 0.357 e. The SMILES string of the molecule is CCNC(=NCCCC(=O)N1CCc2ccccc21)N(C)Cc1ccsc1.I. The Morgan fingerprint density at radius 2 is 2.14 bits per heavy atom. The van der Waals surface area contributed by atoms with Gasteiger partial charge in [0.25, 0.3) is 0 Å². The number of halogens is 1. The highest BCUT2D eigenvalue weighted by Crippen LogP contribution is 2.28. The Balaban J connectivity index is 0.00000280. The van der Waals surface area contributed by atoms with E-state index >= 15 is 0 Å². The molecule has 0 spiro atoms. The molecule has 2 heterocycles. The van der Waals surface area contributed by atoms with Crippen molar-refractivity contribution in [2.45, 2.75) is 32.7 Å². The van der Waals surface area contributed by atoms with E-state index in [9.17, 15) is 4.79 Å². The van der Waals surface area contributed by atoms with Crippen molar-refractivity contribution in [2.24, 2.45) is 4.99 Å². The summed E-state index contributed by atoms with van der Waals surface area (Å²) in [7, 11) is 2.05. The molecule has 0 radical (unpaired) electrons. The molecular formula is C21H29IN4OS. The Morgan fingerprint density at radius 3 is 2.89 bits per heavy atom. The van der Waals surface area contributed by atoms with E-state index in [0.29, 0.717) is 13.0 Å². The van der Waals surface area contributed by atoms with Crippen LogP contribution in [0, 0.1) is 0 Å². The fraction of sp³-hybridized carbons (Fsp3) is 0.429. The van der Waals surface area contributed by atoms with Crippen molar-refractivity contribution >= 4 is 52.9 Å². The van der Waals surface area contributed by atoms with Crippen LogP contribution in [0.1, 0.15) is 30.9 Å². The second-order valence-corrected chi connectivity index (χ2v) is 7.53. The van der Waals surface area contributed by atoms with Gasteiger partial charge in [-0.3, -0.25) is 9.79 Å². The van der Waals surface area contributed by atoms with E-state index in [1.54, 1.807) is 11.3 Å². The number of nitrogens with zero attached hydrogens (tertiary/aromatic N) is 3. The second-order valence-electron chi connectivity index (χ2n) is 6.75. The maximum absolute atomic E-state index is 12.6. The Kier molecular flexibility index (Phi) is 9.24. The smallest absolute Gasteiger partial charge is 0.227 e. The first-order valence-electron chi connectivity index (χ1n) is 9.58. The highest BCUT2D eigenvalue weighted by Gasteiger charge is 2.23. The minimum Gasteiger partial charge on any atom is -0.357 e. The van der Waals surface area contributed by atoms with Gasteiger partial charge < -0.3 is 15.1 Å². The molecule has 1 aliphatic rings. The van der Waals surface area contributed by atoms with Gasteiger partial charge in [-0.2, -0.15) is 11.3 Å². The van der Waals surface area contributed by atoms with Crippen LogP contribution in [0.4, 0.5) is 5.69 Å². The number of benzene rings is 1. The number of fused-ring (bicyclic) bond motifs is 1. The molecule has 2 aromatic rings. The predicted octanol–water partition coefficient (Wildman–Crippen LogP) is 4.13. The molecule has 0 saturated carbocycles. The van der Waals surface area contributed by atoms with Gasteiger partial charge in [-0.15, -0.1) is 24.0 Å². The number of carbonyl (C=O) groups is 1. The molecule has 0 saturated heterocycles. The van der Waals surface area contributed by atoms with Crippen LogP contribution in [0.25, 0.3) is 0 Å². The summed E-state index contributed by atoms with van der Waals surface area (Å²) in [5.74, 6) is 1.09. The van der Waals surface area contributed by atoms with Gasteiger partial charge in [0.2, 0.25) is 5.91 Å². The lowest BCUT2D eigenvalue weighted by atomic mass is 10.2. The molecule has 3 rings (SSSR count). The number of anilines is 1.